The highest BCUT2D eigenvalue weighted by Crippen LogP contribution is 2.29. The first-order valence-electron chi connectivity index (χ1n) is 8.22. The third-order valence-electron chi connectivity index (χ3n) is 3.75. The minimum absolute atomic E-state index is 0. The number of nitrogens with one attached hydrogen (secondary N) is 2. The van der Waals surface area contributed by atoms with E-state index in [2.05, 4.69) is 39.4 Å². The second-order valence-corrected chi connectivity index (χ2v) is 8.32. The van der Waals surface area contributed by atoms with Crippen molar-refractivity contribution in [2.75, 3.05) is 37.8 Å². The lowest BCUT2D eigenvalue weighted by Gasteiger charge is -2.39. The van der Waals surface area contributed by atoms with E-state index >= 15 is 0 Å². The van der Waals surface area contributed by atoms with Gasteiger partial charge in [-0.15, -0.1) is 24.0 Å². The van der Waals surface area contributed by atoms with Crippen molar-refractivity contribution in [3.8, 4) is 0 Å². The molecule has 0 aromatic carbocycles. The number of aliphatic imine (C=N–C) groups is 1. The lowest BCUT2D eigenvalue weighted by atomic mass is 10.2. The number of carbonyl (C=O) groups excluding carboxylic acids is 1. The van der Waals surface area contributed by atoms with Crippen LogP contribution in [0, 0.1) is 6.92 Å². The number of nitrogens with zero attached hydrogens (tertiary/aromatic N) is 3. The van der Waals surface area contributed by atoms with Crippen LogP contribution in [0.3, 0.4) is 0 Å². The van der Waals surface area contributed by atoms with E-state index in [0.717, 1.165) is 30.4 Å². The summed E-state index contributed by atoms with van der Waals surface area (Å²) in [6.45, 7) is 8.95. The summed E-state index contributed by atoms with van der Waals surface area (Å²) in [7, 11) is 1.79. The molecule has 2 rings (SSSR count). The van der Waals surface area contributed by atoms with Gasteiger partial charge in [0.25, 0.3) is 0 Å². The molecule has 1 saturated heterocycles. The third-order valence-corrected chi connectivity index (χ3v) is 5.05. The minimum Gasteiger partial charge on any atom is -0.356 e. The fraction of sp³-hybridized carbons (Fsp3) is 0.588. The number of guanidine groups is 1. The van der Waals surface area contributed by atoms with Crippen LogP contribution in [0.1, 0.15) is 25.8 Å². The molecule has 1 aliphatic heterocycles. The van der Waals surface area contributed by atoms with E-state index in [4.69, 9.17) is 0 Å². The zero-order chi connectivity index (χ0) is 17.6. The number of aromatic nitrogens is 1. The predicted molar refractivity (Wildman–Crippen MR) is 117 cm³/mol. The highest BCUT2D eigenvalue weighted by atomic mass is 127. The van der Waals surface area contributed by atoms with Crippen molar-refractivity contribution >= 4 is 53.4 Å². The molecule has 140 valence electrons. The van der Waals surface area contributed by atoms with Crippen molar-refractivity contribution in [1.29, 1.82) is 0 Å². The molecule has 1 aromatic heterocycles. The molecule has 0 unspecified atom stereocenters. The van der Waals surface area contributed by atoms with Crippen LogP contribution in [-0.4, -0.2) is 58.9 Å². The van der Waals surface area contributed by atoms with E-state index in [9.17, 15) is 4.79 Å². The van der Waals surface area contributed by atoms with E-state index < -0.39 is 0 Å². The molecule has 1 fully saturated rings. The maximum absolute atomic E-state index is 12.0. The zero-order valence-electron chi connectivity index (χ0n) is 15.3. The quantitative estimate of drug-likeness (QED) is 0.397. The van der Waals surface area contributed by atoms with Crippen LogP contribution in [0.5, 0.6) is 0 Å². The largest absolute Gasteiger partial charge is 0.356 e. The zero-order valence-corrected chi connectivity index (χ0v) is 18.5. The fourth-order valence-corrected chi connectivity index (χ4v) is 3.68. The van der Waals surface area contributed by atoms with Gasteiger partial charge >= 0.3 is 0 Å². The van der Waals surface area contributed by atoms with Gasteiger partial charge in [0, 0.05) is 49.8 Å². The fourth-order valence-electron chi connectivity index (χ4n) is 2.56. The number of halogens is 1. The topological polar surface area (TPSA) is 69.6 Å². The summed E-state index contributed by atoms with van der Waals surface area (Å²) in [5.41, 5.74) is 1.07. The number of pyridine rings is 1. The summed E-state index contributed by atoms with van der Waals surface area (Å²) in [5, 5.41) is 6.09. The van der Waals surface area contributed by atoms with Gasteiger partial charge in [0.15, 0.2) is 5.96 Å². The number of hydrogen-bond acceptors (Lipinski definition) is 4. The molecule has 2 heterocycles. The summed E-state index contributed by atoms with van der Waals surface area (Å²) < 4.78 is 0.227. The summed E-state index contributed by atoms with van der Waals surface area (Å²) in [6, 6.07) is 3.74. The third kappa shape index (κ3) is 7.39. The Morgan fingerprint density at radius 3 is 2.80 bits per heavy atom. The monoisotopic (exact) mass is 477 g/mol. The summed E-state index contributed by atoms with van der Waals surface area (Å²) in [5.74, 6) is 2.49. The number of aryl methyl sites for hydroxylation is 1. The molecule has 25 heavy (non-hydrogen) atoms. The van der Waals surface area contributed by atoms with Crippen molar-refractivity contribution in [2.24, 2.45) is 4.99 Å². The van der Waals surface area contributed by atoms with E-state index in [1.54, 1.807) is 13.2 Å². The van der Waals surface area contributed by atoms with Crippen LogP contribution >= 0.6 is 35.7 Å². The van der Waals surface area contributed by atoms with Crippen LogP contribution < -0.4 is 10.6 Å². The average Bonchev–Trinajstić information content (AvgIpc) is 2.53. The Kier molecular flexibility index (Phi) is 8.98. The molecule has 0 radical (unpaired) electrons. The predicted octanol–water partition coefficient (Wildman–Crippen LogP) is 2.74. The van der Waals surface area contributed by atoms with Crippen LogP contribution in [-0.2, 0) is 4.79 Å². The number of carbonyl (C=O) groups is 1. The van der Waals surface area contributed by atoms with Gasteiger partial charge in [0.05, 0.1) is 0 Å². The molecule has 0 aliphatic carbocycles. The molecule has 8 heteroatoms. The van der Waals surface area contributed by atoms with Gasteiger partial charge < -0.3 is 15.5 Å². The molecule has 0 spiro atoms. The Hall–Kier alpha value is -1.03. The molecule has 1 aromatic rings. The lowest BCUT2D eigenvalue weighted by molar-refractivity contribution is -0.116. The number of hydrogen-bond donors (Lipinski definition) is 2. The molecule has 2 N–H and O–H groups in total. The Morgan fingerprint density at radius 1 is 1.44 bits per heavy atom. The summed E-state index contributed by atoms with van der Waals surface area (Å²) in [6.07, 6.45) is 2.12. The van der Waals surface area contributed by atoms with E-state index in [1.807, 2.05) is 30.8 Å². The first-order valence-corrected chi connectivity index (χ1v) is 9.20. The smallest absolute Gasteiger partial charge is 0.227 e. The van der Waals surface area contributed by atoms with Crippen molar-refractivity contribution in [1.82, 2.24) is 15.2 Å². The highest BCUT2D eigenvalue weighted by molar-refractivity contribution is 14.0. The first-order chi connectivity index (χ1) is 11.4. The number of rotatable bonds is 4. The summed E-state index contributed by atoms with van der Waals surface area (Å²) in [4.78, 5) is 22.8. The van der Waals surface area contributed by atoms with Gasteiger partial charge in [-0.1, -0.05) is 6.07 Å². The number of amides is 1. The van der Waals surface area contributed by atoms with Crippen molar-refractivity contribution < 1.29 is 4.79 Å². The number of anilines is 1. The maximum atomic E-state index is 12.0. The van der Waals surface area contributed by atoms with Crippen molar-refractivity contribution in [2.45, 2.75) is 31.9 Å². The molecule has 1 aliphatic rings. The second-order valence-electron chi connectivity index (χ2n) is 6.52. The Bertz CT molecular complexity index is 591. The van der Waals surface area contributed by atoms with Gasteiger partial charge in [-0.05, 0) is 32.4 Å². The molecule has 0 saturated carbocycles. The van der Waals surface area contributed by atoms with Crippen LogP contribution in [0.2, 0.25) is 0 Å². The lowest BCUT2D eigenvalue weighted by Crippen LogP contribution is -2.51. The minimum atomic E-state index is -0.0520. The maximum Gasteiger partial charge on any atom is 0.227 e. The Balaban J connectivity index is 0.00000312. The van der Waals surface area contributed by atoms with E-state index in [0.29, 0.717) is 18.8 Å². The molecular weight excluding hydrogens is 449 g/mol. The van der Waals surface area contributed by atoms with Crippen molar-refractivity contribution in [3.63, 3.8) is 0 Å². The molecule has 6 nitrogen and oxygen atoms in total. The van der Waals surface area contributed by atoms with Gasteiger partial charge in [-0.25, -0.2) is 4.98 Å². The number of thioether (sulfide) groups is 1. The van der Waals surface area contributed by atoms with Crippen LogP contribution in [0.15, 0.2) is 23.3 Å². The van der Waals surface area contributed by atoms with Crippen molar-refractivity contribution in [3.05, 3.63) is 23.9 Å². The second kappa shape index (κ2) is 10.2. The normalized spacial score (nSPS) is 16.8. The Labute approximate surface area is 171 Å². The molecular formula is C17H28IN5OS. The first kappa shape index (κ1) is 22.0. The SMILES string of the molecule is CN=C(NCCC(=O)Nc1ccc(C)cn1)N1CCSC(C)(C)C1.I. The van der Waals surface area contributed by atoms with E-state index in [1.165, 1.54) is 0 Å². The molecule has 0 bridgehead atoms. The van der Waals surface area contributed by atoms with Gasteiger partial charge in [0.2, 0.25) is 5.91 Å². The van der Waals surface area contributed by atoms with E-state index in [-0.39, 0.29) is 34.6 Å². The van der Waals surface area contributed by atoms with Crippen LogP contribution in [0.4, 0.5) is 5.82 Å². The van der Waals surface area contributed by atoms with Gasteiger partial charge in [-0.3, -0.25) is 9.79 Å². The highest BCUT2D eigenvalue weighted by Gasteiger charge is 2.28. The molecule has 1 amide bonds. The van der Waals surface area contributed by atoms with Gasteiger partial charge in [-0.2, -0.15) is 11.8 Å². The molecule has 0 atom stereocenters. The summed E-state index contributed by atoms with van der Waals surface area (Å²) >= 11 is 1.99. The standard InChI is InChI=1S/C17H27N5OS.HI/c1-13-5-6-14(20-11-13)21-15(23)7-8-19-16(18-4)22-9-10-24-17(2,3)12-22;/h5-6,11H,7-10,12H2,1-4H3,(H,18,19)(H,20,21,23);1H. The van der Waals surface area contributed by atoms with Crippen LogP contribution in [0.25, 0.3) is 0 Å². The Morgan fingerprint density at radius 2 is 2.20 bits per heavy atom. The average molecular weight is 477 g/mol. The van der Waals surface area contributed by atoms with Gasteiger partial charge in [0.1, 0.15) is 5.82 Å².